The van der Waals surface area contributed by atoms with E-state index in [-0.39, 0.29) is 11.2 Å². The van der Waals surface area contributed by atoms with Gasteiger partial charge in [0.25, 0.3) is 0 Å². The molecule has 0 radical (unpaired) electrons. The summed E-state index contributed by atoms with van der Waals surface area (Å²) >= 11 is 2.13. The van der Waals surface area contributed by atoms with E-state index in [1.165, 1.54) is 25.9 Å². The number of thioether (sulfide) groups is 1. The van der Waals surface area contributed by atoms with Gasteiger partial charge < -0.3 is 14.4 Å². The van der Waals surface area contributed by atoms with Crippen molar-refractivity contribution in [2.75, 3.05) is 46.2 Å². The third-order valence-electron chi connectivity index (χ3n) is 6.86. The Morgan fingerprint density at radius 2 is 1.48 bits per heavy atom. The van der Waals surface area contributed by atoms with E-state index in [0.29, 0.717) is 17.3 Å². The smallest absolute Gasteiger partial charge is 0.0639 e. The number of hydrogen-bond donors (Lipinski definition) is 0. The average molecular weight is 429 g/mol. The van der Waals surface area contributed by atoms with Crippen molar-refractivity contribution in [2.45, 2.75) is 96.3 Å². The summed E-state index contributed by atoms with van der Waals surface area (Å²) in [5.74, 6) is 2.66. The van der Waals surface area contributed by atoms with Gasteiger partial charge >= 0.3 is 0 Å². The molecule has 0 aromatic rings. The maximum atomic E-state index is 6.48. The molecule has 4 nitrogen and oxygen atoms in total. The maximum absolute atomic E-state index is 6.48. The molecule has 2 heterocycles. The summed E-state index contributed by atoms with van der Waals surface area (Å²) in [7, 11) is 4.50. The molecule has 0 aliphatic carbocycles. The second-order valence-electron chi connectivity index (χ2n) is 11.2. The Labute approximate surface area is 185 Å². The molecular weight excluding hydrogens is 380 g/mol. The van der Waals surface area contributed by atoms with Gasteiger partial charge in [-0.25, -0.2) is 0 Å². The zero-order valence-electron chi connectivity index (χ0n) is 20.7. The average Bonchev–Trinajstić information content (AvgIpc) is 3.13. The minimum absolute atomic E-state index is 0.0557. The van der Waals surface area contributed by atoms with Crippen molar-refractivity contribution in [3.05, 3.63) is 0 Å². The topological polar surface area (TPSA) is 24.9 Å². The summed E-state index contributed by atoms with van der Waals surface area (Å²) in [5.41, 5.74) is -0.115. The molecule has 0 N–H and O–H groups in total. The van der Waals surface area contributed by atoms with Crippen LogP contribution in [0.1, 0.15) is 67.7 Å². The van der Waals surface area contributed by atoms with Gasteiger partial charge in [0, 0.05) is 17.3 Å². The Bertz CT molecular complexity index is 492. The molecule has 2 rings (SSSR count). The van der Waals surface area contributed by atoms with Crippen molar-refractivity contribution in [1.82, 2.24) is 9.80 Å². The van der Waals surface area contributed by atoms with Crippen LogP contribution in [0.5, 0.6) is 0 Å². The fraction of sp³-hybridized carbons (Fsp3) is 1.00. The zero-order valence-corrected chi connectivity index (χ0v) is 21.5. The van der Waals surface area contributed by atoms with Gasteiger partial charge in [0.15, 0.2) is 0 Å². The van der Waals surface area contributed by atoms with Crippen LogP contribution in [0, 0.1) is 11.8 Å². The molecule has 4 atom stereocenters. The summed E-state index contributed by atoms with van der Waals surface area (Å²) < 4.78 is 12.6. The summed E-state index contributed by atoms with van der Waals surface area (Å²) in [5, 5.41) is 0.671. The summed E-state index contributed by atoms with van der Waals surface area (Å²) in [6.45, 7) is 19.8. The SMILES string of the molecule is CC(C)C1CCN(C)[C@@H]1COC(C)(C)CCSC1CCN(C)[C@@H]1COC(C)(C)C. The molecule has 0 amide bonds. The lowest BCUT2D eigenvalue weighted by Crippen LogP contribution is -2.40. The van der Waals surface area contributed by atoms with E-state index >= 15 is 0 Å². The number of nitrogens with zero attached hydrogens (tertiary/aromatic N) is 2. The Hall–Kier alpha value is 0.190. The highest BCUT2D eigenvalue weighted by atomic mass is 32.2. The van der Waals surface area contributed by atoms with Crippen LogP contribution >= 0.6 is 11.8 Å². The number of likely N-dealkylation sites (N-methyl/N-ethyl adjacent to an activating group) is 2. The second kappa shape index (κ2) is 10.7. The lowest BCUT2D eigenvalue weighted by Gasteiger charge is -2.33. The van der Waals surface area contributed by atoms with E-state index in [2.05, 4.69) is 84.1 Å². The van der Waals surface area contributed by atoms with E-state index < -0.39 is 0 Å². The predicted octanol–water partition coefficient (Wildman–Crippen LogP) is 4.77. The molecular formula is C24H48N2O2S. The molecule has 2 aliphatic rings. The highest BCUT2D eigenvalue weighted by molar-refractivity contribution is 7.99. The first-order valence-corrected chi connectivity index (χ1v) is 12.7. The van der Waals surface area contributed by atoms with Crippen molar-refractivity contribution in [3.63, 3.8) is 0 Å². The van der Waals surface area contributed by atoms with Crippen molar-refractivity contribution >= 4 is 11.8 Å². The van der Waals surface area contributed by atoms with Gasteiger partial charge in [0.05, 0.1) is 24.4 Å². The van der Waals surface area contributed by atoms with Crippen LogP contribution in [-0.4, -0.2) is 84.5 Å². The molecule has 5 heteroatoms. The highest BCUT2D eigenvalue weighted by Gasteiger charge is 2.36. The van der Waals surface area contributed by atoms with Crippen LogP contribution in [0.25, 0.3) is 0 Å². The minimum Gasteiger partial charge on any atom is -0.374 e. The van der Waals surface area contributed by atoms with Crippen LogP contribution in [-0.2, 0) is 9.47 Å². The molecule has 0 bridgehead atoms. The normalized spacial score (nSPS) is 30.0. The lowest BCUT2D eigenvalue weighted by molar-refractivity contribution is -0.0476. The maximum Gasteiger partial charge on any atom is 0.0639 e. The van der Waals surface area contributed by atoms with Gasteiger partial charge in [0.1, 0.15) is 0 Å². The van der Waals surface area contributed by atoms with Gasteiger partial charge in [-0.2, -0.15) is 11.8 Å². The van der Waals surface area contributed by atoms with E-state index in [0.717, 1.165) is 37.2 Å². The molecule has 172 valence electrons. The molecule has 0 spiro atoms. The Kier molecular flexibility index (Phi) is 9.37. The third kappa shape index (κ3) is 7.99. The molecule has 2 fully saturated rings. The standard InChI is InChI=1S/C24H48N2O2S/c1-18(2)19-10-13-25(8)20(19)16-28-24(6,7)12-15-29-22-11-14-26(9)21(22)17-27-23(3,4)5/h18-22H,10-17H2,1-9H3/t19?,20-,21-,22?/m1/s1. The van der Waals surface area contributed by atoms with Gasteiger partial charge in [-0.15, -0.1) is 0 Å². The highest BCUT2D eigenvalue weighted by Crippen LogP contribution is 2.33. The van der Waals surface area contributed by atoms with Crippen LogP contribution in [0.15, 0.2) is 0 Å². The number of hydrogen-bond acceptors (Lipinski definition) is 5. The van der Waals surface area contributed by atoms with Crippen LogP contribution in [0.4, 0.5) is 0 Å². The van der Waals surface area contributed by atoms with E-state index in [1.54, 1.807) is 0 Å². The van der Waals surface area contributed by atoms with Crippen molar-refractivity contribution < 1.29 is 9.47 Å². The molecule has 2 saturated heterocycles. The number of rotatable bonds is 10. The molecule has 2 aliphatic heterocycles. The summed E-state index contributed by atoms with van der Waals surface area (Å²) in [6.07, 6.45) is 3.68. The Balaban J connectivity index is 1.76. The van der Waals surface area contributed by atoms with Crippen LogP contribution < -0.4 is 0 Å². The van der Waals surface area contributed by atoms with E-state index in [9.17, 15) is 0 Å². The molecule has 29 heavy (non-hydrogen) atoms. The first-order chi connectivity index (χ1) is 13.4. The fourth-order valence-corrected chi connectivity index (χ4v) is 6.34. The number of likely N-dealkylation sites (tertiary alicyclic amines) is 2. The summed E-state index contributed by atoms with van der Waals surface area (Å²) in [4.78, 5) is 4.98. The monoisotopic (exact) mass is 428 g/mol. The van der Waals surface area contributed by atoms with Crippen molar-refractivity contribution in [2.24, 2.45) is 11.8 Å². The fourth-order valence-electron chi connectivity index (χ4n) is 4.64. The van der Waals surface area contributed by atoms with Crippen molar-refractivity contribution in [3.8, 4) is 0 Å². The number of ether oxygens (including phenoxy) is 2. The van der Waals surface area contributed by atoms with Gasteiger partial charge in [0.2, 0.25) is 0 Å². The summed E-state index contributed by atoms with van der Waals surface area (Å²) in [6, 6.07) is 1.10. The second-order valence-corrected chi connectivity index (χ2v) is 12.6. The van der Waals surface area contributed by atoms with Gasteiger partial charge in [-0.3, -0.25) is 4.90 Å². The Morgan fingerprint density at radius 3 is 2.10 bits per heavy atom. The lowest BCUT2D eigenvalue weighted by atomic mass is 9.89. The zero-order chi connectivity index (χ0) is 21.8. The molecule has 2 unspecified atom stereocenters. The molecule has 0 aromatic heterocycles. The van der Waals surface area contributed by atoms with Crippen LogP contribution in [0.2, 0.25) is 0 Å². The first-order valence-electron chi connectivity index (χ1n) is 11.7. The van der Waals surface area contributed by atoms with Crippen LogP contribution in [0.3, 0.4) is 0 Å². The van der Waals surface area contributed by atoms with Gasteiger partial charge in [-0.05, 0) is 98.7 Å². The Morgan fingerprint density at radius 1 is 0.897 bits per heavy atom. The molecule has 0 saturated carbocycles. The van der Waals surface area contributed by atoms with E-state index in [1.807, 2.05) is 0 Å². The van der Waals surface area contributed by atoms with E-state index in [4.69, 9.17) is 9.47 Å². The first kappa shape index (κ1) is 25.5. The third-order valence-corrected chi connectivity index (χ3v) is 8.28. The minimum atomic E-state index is -0.0598. The van der Waals surface area contributed by atoms with Crippen molar-refractivity contribution in [1.29, 1.82) is 0 Å². The molecule has 0 aromatic carbocycles. The predicted molar refractivity (Wildman–Crippen MR) is 127 cm³/mol. The largest absolute Gasteiger partial charge is 0.374 e. The quantitative estimate of drug-likeness (QED) is 0.499. The van der Waals surface area contributed by atoms with Gasteiger partial charge in [-0.1, -0.05) is 13.8 Å².